The molecule has 0 saturated heterocycles. The van der Waals surface area contributed by atoms with Gasteiger partial charge < -0.3 is 11.1 Å². The number of sulfonamides is 1. The molecule has 1 heterocycles. The van der Waals surface area contributed by atoms with Crippen LogP contribution in [0.4, 0.5) is 20.2 Å². The third kappa shape index (κ3) is 5.13. The van der Waals surface area contributed by atoms with Gasteiger partial charge in [0.05, 0.1) is 11.7 Å². The van der Waals surface area contributed by atoms with E-state index in [1.807, 2.05) is 10.0 Å². The number of aromatic nitrogens is 1. The van der Waals surface area contributed by atoms with Crippen molar-refractivity contribution < 1.29 is 26.8 Å². The van der Waals surface area contributed by atoms with E-state index in [-0.39, 0.29) is 10.6 Å². The third-order valence-corrected chi connectivity index (χ3v) is 5.10. The highest BCUT2D eigenvalue weighted by Gasteiger charge is 2.25. The molecule has 2 rings (SSSR count). The van der Waals surface area contributed by atoms with E-state index < -0.39 is 50.8 Å². The van der Waals surface area contributed by atoms with E-state index in [2.05, 4.69) is 11.6 Å². The molecule has 11 heteroatoms. The highest BCUT2D eigenvalue weighted by molar-refractivity contribution is 7.92. The molecule has 0 radical (unpaired) electrons. The summed E-state index contributed by atoms with van der Waals surface area (Å²) in [6, 6.07) is 4.35. The number of hydrogen-bond donors (Lipinski definition) is 3. The van der Waals surface area contributed by atoms with Crippen LogP contribution in [0.1, 0.15) is 6.92 Å². The topological polar surface area (TPSA) is 131 Å². The Morgan fingerprint density at radius 1 is 1.23 bits per heavy atom. The Balaban J connectivity index is 2.39. The van der Waals surface area contributed by atoms with Crippen molar-refractivity contribution in [2.24, 2.45) is 5.73 Å². The van der Waals surface area contributed by atoms with Crippen LogP contribution < -0.4 is 15.8 Å². The quantitative estimate of drug-likeness (QED) is 0.429. The Bertz CT molecular complexity index is 1120. The number of nitrogens with zero attached hydrogens (tertiary/aromatic N) is 1. The third-order valence-electron chi connectivity index (χ3n) is 3.82. The van der Waals surface area contributed by atoms with Gasteiger partial charge in [0.25, 0.3) is 15.9 Å². The van der Waals surface area contributed by atoms with Crippen LogP contribution in [-0.4, -0.2) is 31.1 Å². The summed E-state index contributed by atoms with van der Waals surface area (Å²) in [5.41, 5.74) is 3.81. The predicted octanol–water partition coefficient (Wildman–Crippen LogP) is 2.13. The Kier molecular flexibility index (Phi) is 7.14. The zero-order chi connectivity index (χ0) is 22.5. The summed E-state index contributed by atoms with van der Waals surface area (Å²) in [5, 5.41) is 1.59. The van der Waals surface area contributed by atoms with Crippen LogP contribution >= 0.6 is 0 Å². The van der Waals surface area contributed by atoms with Crippen LogP contribution in [0.5, 0.6) is 0 Å². The first kappa shape index (κ1) is 22.8. The average Bonchev–Trinajstić information content (AvgIpc) is 2.71. The van der Waals surface area contributed by atoms with E-state index in [4.69, 9.17) is 5.73 Å². The summed E-state index contributed by atoms with van der Waals surface area (Å²) in [7, 11) is -4.27. The second-order valence-corrected chi connectivity index (χ2v) is 7.59. The number of nitrogens with one attached hydrogen (secondary N) is 2. The number of Topliss-reactive ketones (excluding diaryl/α,β-unsaturated/α-hetero) is 1. The summed E-state index contributed by atoms with van der Waals surface area (Å²) in [4.78, 5) is 27.6. The Hall–Kier alpha value is -3.44. The highest BCUT2D eigenvalue weighted by Crippen LogP contribution is 2.28. The molecule has 0 aliphatic heterocycles. The lowest BCUT2D eigenvalue weighted by Crippen LogP contribution is -2.36. The van der Waals surface area contributed by atoms with Crippen molar-refractivity contribution in [1.29, 1.82) is 0 Å². The zero-order valence-electron chi connectivity index (χ0n) is 15.7. The fourth-order valence-electron chi connectivity index (χ4n) is 2.30. The maximum Gasteiger partial charge on any atom is 0.279 e. The van der Waals surface area contributed by atoms with Crippen molar-refractivity contribution in [3.63, 3.8) is 0 Å². The van der Waals surface area contributed by atoms with Gasteiger partial charge in [-0.05, 0) is 31.2 Å². The number of pyridine rings is 1. The Morgan fingerprint density at radius 3 is 2.50 bits per heavy atom. The minimum atomic E-state index is -4.27. The number of hydrogen-bond acceptors (Lipinski definition) is 6. The van der Waals surface area contributed by atoms with Gasteiger partial charge in [0, 0.05) is 11.8 Å². The smallest absolute Gasteiger partial charge is 0.279 e. The second-order valence-electron chi connectivity index (χ2n) is 5.96. The Labute approximate surface area is 171 Å². The van der Waals surface area contributed by atoms with Crippen molar-refractivity contribution in [1.82, 2.24) is 4.98 Å². The molecule has 2 aromatic rings. The molecule has 0 aliphatic carbocycles. The molecule has 1 aromatic heterocycles. The van der Waals surface area contributed by atoms with E-state index in [9.17, 15) is 26.8 Å². The minimum Gasteiger partial charge on any atom is -0.318 e. The van der Waals surface area contributed by atoms with E-state index in [0.717, 1.165) is 25.1 Å². The summed E-state index contributed by atoms with van der Waals surface area (Å²) < 4.78 is 55.6. The van der Waals surface area contributed by atoms with Crippen molar-refractivity contribution in [3.05, 3.63) is 72.5 Å². The maximum absolute atomic E-state index is 14.8. The van der Waals surface area contributed by atoms with Crippen LogP contribution in [0.25, 0.3) is 0 Å². The number of rotatable bonds is 8. The average molecular weight is 436 g/mol. The summed E-state index contributed by atoms with van der Waals surface area (Å²) in [6.07, 6.45) is 3.54. The Morgan fingerprint density at radius 2 is 1.93 bits per heavy atom. The standard InChI is InChI=1S/C19H18F2N4O4S/c1-3-6-12(17(22)11(2)26)19(27)24-18-13(20)8-9-14(16(18)21)25-30(28,29)15-7-4-5-10-23-15/h3-10,17,25H,1,22H2,2H3,(H,24,27)/b12-6+. The minimum absolute atomic E-state index is 0.282. The molecule has 1 amide bonds. The van der Waals surface area contributed by atoms with Crippen LogP contribution in [0.2, 0.25) is 0 Å². The normalized spacial score (nSPS) is 12.7. The lowest BCUT2D eigenvalue weighted by atomic mass is 10.0. The molecule has 158 valence electrons. The van der Waals surface area contributed by atoms with Gasteiger partial charge in [-0.25, -0.2) is 13.8 Å². The first-order chi connectivity index (χ1) is 14.1. The summed E-state index contributed by atoms with van der Waals surface area (Å²) in [5.74, 6) is -4.16. The number of nitrogens with two attached hydrogens (primary N) is 1. The largest absolute Gasteiger partial charge is 0.318 e. The number of benzene rings is 1. The molecule has 0 fully saturated rings. The van der Waals surface area contributed by atoms with Crippen molar-refractivity contribution in [3.8, 4) is 0 Å². The first-order valence-electron chi connectivity index (χ1n) is 8.40. The predicted molar refractivity (Wildman–Crippen MR) is 107 cm³/mol. The molecular formula is C19H18F2N4O4S. The van der Waals surface area contributed by atoms with Gasteiger partial charge >= 0.3 is 0 Å². The van der Waals surface area contributed by atoms with Gasteiger partial charge in [0.15, 0.2) is 16.6 Å². The van der Waals surface area contributed by atoms with Crippen molar-refractivity contribution in [2.45, 2.75) is 18.0 Å². The number of carbonyl (C=O) groups excluding carboxylic acids is 2. The number of carbonyl (C=O) groups is 2. The SMILES string of the molecule is C=C/C=C(/C(=O)Nc1c(F)ccc(NS(=O)(=O)c2ccccn2)c1F)C(N)C(C)=O. The van der Waals surface area contributed by atoms with Gasteiger partial charge in [-0.2, -0.15) is 8.42 Å². The van der Waals surface area contributed by atoms with Crippen LogP contribution in [0.3, 0.4) is 0 Å². The van der Waals surface area contributed by atoms with Crippen molar-refractivity contribution in [2.75, 3.05) is 10.0 Å². The lowest BCUT2D eigenvalue weighted by molar-refractivity contribution is -0.119. The maximum atomic E-state index is 14.8. The van der Waals surface area contributed by atoms with Gasteiger partial charge in [0.1, 0.15) is 11.5 Å². The van der Waals surface area contributed by atoms with E-state index >= 15 is 0 Å². The fraction of sp³-hybridized carbons (Fsp3) is 0.105. The molecular weight excluding hydrogens is 418 g/mol. The molecule has 1 unspecified atom stereocenters. The van der Waals surface area contributed by atoms with Gasteiger partial charge in [0.2, 0.25) is 0 Å². The highest BCUT2D eigenvalue weighted by atomic mass is 32.2. The second kappa shape index (κ2) is 9.37. The van der Waals surface area contributed by atoms with Gasteiger partial charge in [-0.15, -0.1) is 0 Å². The van der Waals surface area contributed by atoms with E-state index in [1.165, 1.54) is 30.5 Å². The summed E-state index contributed by atoms with van der Waals surface area (Å²) >= 11 is 0. The zero-order valence-corrected chi connectivity index (χ0v) is 16.5. The molecule has 0 aliphatic rings. The van der Waals surface area contributed by atoms with Gasteiger partial charge in [-0.1, -0.05) is 24.8 Å². The first-order valence-corrected chi connectivity index (χ1v) is 9.88. The van der Waals surface area contributed by atoms with Gasteiger partial charge in [-0.3, -0.25) is 14.3 Å². The number of allylic oxidation sites excluding steroid dienone is 2. The molecule has 4 N–H and O–H groups in total. The summed E-state index contributed by atoms with van der Waals surface area (Å²) in [6.45, 7) is 4.54. The lowest BCUT2D eigenvalue weighted by Gasteiger charge is -2.16. The fourth-order valence-corrected chi connectivity index (χ4v) is 3.31. The number of halogens is 2. The van der Waals surface area contributed by atoms with Crippen LogP contribution in [-0.2, 0) is 19.6 Å². The molecule has 1 atom stereocenters. The van der Waals surface area contributed by atoms with Crippen molar-refractivity contribution >= 4 is 33.1 Å². The van der Waals surface area contributed by atoms with Crippen LogP contribution in [0, 0.1) is 11.6 Å². The van der Waals surface area contributed by atoms with E-state index in [0.29, 0.717) is 0 Å². The molecule has 1 aromatic carbocycles. The number of amides is 1. The molecule has 8 nitrogen and oxygen atoms in total. The molecule has 30 heavy (non-hydrogen) atoms. The van der Waals surface area contributed by atoms with Crippen LogP contribution in [0.15, 0.2) is 65.9 Å². The molecule has 0 bridgehead atoms. The molecule has 0 spiro atoms. The number of anilines is 2. The number of ketones is 1. The monoisotopic (exact) mass is 436 g/mol. The molecule has 0 saturated carbocycles. The van der Waals surface area contributed by atoms with E-state index in [1.54, 1.807) is 0 Å².